The van der Waals surface area contributed by atoms with Gasteiger partial charge in [-0.25, -0.2) is 0 Å². The van der Waals surface area contributed by atoms with Crippen LogP contribution in [0.3, 0.4) is 0 Å². The van der Waals surface area contributed by atoms with E-state index in [1.807, 2.05) is 30.5 Å². The molecule has 1 N–H and O–H groups in total. The van der Waals surface area contributed by atoms with Crippen LogP contribution in [0.15, 0.2) is 29.2 Å². The Kier molecular flexibility index (Phi) is 3.14. The van der Waals surface area contributed by atoms with Gasteiger partial charge in [-0.15, -0.1) is 11.8 Å². The number of imide groups is 1. The van der Waals surface area contributed by atoms with Gasteiger partial charge >= 0.3 is 0 Å². The topological polar surface area (TPSA) is 49.4 Å². The standard InChI is InChI=1S/C11H12N2O2S/c1-16-9-4-2-8(3-5-9)13-6-10(14)12-11(15)7-13/h2-5H,6-7H2,1H3,(H,12,14,15). The molecule has 5 heteroatoms. The summed E-state index contributed by atoms with van der Waals surface area (Å²) >= 11 is 1.66. The SMILES string of the molecule is CSc1ccc(N2CC(=O)NC(=O)C2)cc1. The quantitative estimate of drug-likeness (QED) is 0.611. The number of thioether (sulfide) groups is 1. The van der Waals surface area contributed by atoms with Gasteiger partial charge in [0.2, 0.25) is 11.8 Å². The number of nitrogens with zero attached hydrogens (tertiary/aromatic N) is 1. The molecule has 1 heterocycles. The molecule has 1 aromatic carbocycles. The Balaban J connectivity index is 2.16. The van der Waals surface area contributed by atoms with Gasteiger partial charge in [-0.3, -0.25) is 14.9 Å². The summed E-state index contributed by atoms with van der Waals surface area (Å²) in [5.41, 5.74) is 0.904. The Morgan fingerprint density at radius 2 is 1.69 bits per heavy atom. The minimum Gasteiger partial charge on any atom is -0.353 e. The van der Waals surface area contributed by atoms with Crippen molar-refractivity contribution in [2.24, 2.45) is 0 Å². The van der Waals surface area contributed by atoms with Crippen molar-refractivity contribution >= 4 is 29.3 Å². The van der Waals surface area contributed by atoms with Crippen molar-refractivity contribution < 1.29 is 9.59 Å². The Morgan fingerprint density at radius 1 is 1.12 bits per heavy atom. The molecular weight excluding hydrogens is 224 g/mol. The lowest BCUT2D eigenvalue weighted by atomic mass is 10.2. The second-order valence-electron chi connectivity index (χ2n) is 3.53. The first-order chi connectivity index (χ1) is 7.69. The molecular formula is C11H12N2O2S. The second-order valence-corrected chi connectivity index (χ2v) is 4.41. The van der Waals surface area contributed by atoms with E-state index in [1.165, 1.54) is 0 Å². The molecule has 0 saturated carbocycles. The third kappa shape index (κ3) is 2.36. The number of benzene rings is 1. The molecule has 1 fully saturated rings. The van der Waals surface area contributed by atoms with Gasteiger partial charge in [-0.05, 0) is 30.5 Å². The Hall–Kier alpha value is -1.49. The summed E-state index contributed by atoms with van der Waals surface area (Å²) in [6.07, 6.45) is 2.01. The first kappa shape index (κ1) is 11.0. The fraction of sp³-hybridized carbons (Fsp3) is 0.273. The van der Waals surface area contributed by atoms with Gasteiger partial charge in [0.15, 0.2) is 0 Å². The summed E-state index contributed by atoms with van der Waals surface area (Å²) in [5, 5.41) is 2.28. The molecule has 0 atom stereocenters. The lowest BCUT2D eigenvalue weighted by Gasteiger charge is -2.27. The van der Waals surface area contributed by atoms with Crippen LogP contribution in [-0.4, -0.2) is 31.2 Å². The number of carbonyl (C=O) groups is 2. The maximum Gasteiger partial charge on any atom is 0.246 e. The zero-order valence-electron chi connectivity index (χ0n) is 8.90. The summed E-state index contributed by atoms with van der Waals surface area (Å²) < 4.78 is 0. The molecule has 0 aromatic heterocycles. The minimum atomic E-state index is -0.245. The van der Waals surface area contributed by atoms with Crippen molar-refractivity contribution in [1.29, 1.82) is 0 Å². The van der Waals surface area contributed by atoms with Crippen LogP contribution in [0.4, 0.5) is 5.69 Å². The number of rotatable bonds is 2. The van der Waals surface area contributed by atoms with Crippen LogP contribution in [0.5, 0.6) is 0 Å². The average Bonchev–Trinajstić information content (AvgIpc) is 2.28. The molecule has 1 aromatic rings. The maximum atomic E-state index is 11.2. The van der Waals surface area contributed by atoms with E-state index in [1.54, 1.807) is 16.7 Å². The van der Waals surface area contributed by atoms with Gasteiger partial charge in [-0.2, -0.15) is 0 Å². The Labute approximate surface area is 98.0 Å². The highest BCUT2D eigenvalue weighted by Gasteiger charge is 2.22. The third-order valence-corrected chi connectivity index (χ3v) is 3.13. The van der Waals surface area contributed by atoms with Crippen LogP contribution in [0.25, 0.3) is 0 Å². The molecule has 0 radical (unpaired) electrons. The van der Waals surface area contributed by atoms with Gasteiger partial charge < -0.3 is 4.90 Å². The van der Waals surface area contributed by atoms with E-state index in [9.17, 15) is 9.59 Å². The van der Waals surface area contributed by atoms with Gasteiger partial charge in [0.05, 0.1) is 13.1 Å². The molecule has 2 amide bonds. The minimum absolute atomic E-state index is 0.240. The lowest BCUT2D eigenvalue weighted by molar-refractivity contribution is -0.130. The number of hydrogen-bond donors (Lipinski definition) is 1. The van der Waals surface area contributed by atoms with Crippen LogP contribution in [0.2, 0.25) is 0 Å². The number of nitrogens with one attached hydrogen (secondary N) is 1. The highest BCUT2D eigenvalue weighted by molar-refractivity contribution is 7.98. The monoisotopic (exact) mass is 236 g/mol. The van der Waals surface area contributed by atoms with Crippen molar-refractivity contribution in [2.75, 3.05) is 24.2 Å². The third-order valence-electron chi connectivity index (χ3n) is 2.39. The largest absolute Gasteiger partial charge is 0.353 e. The molecule has 0 unspecified atom stereocenters. The van der Waals surface area contributed by atoms with Crippen LogP contribution in [0.1, 0.15) is 0 Å². The highest BCUT2D eigenvalue weighted by Crippen LogP contribution is 2.20. The normalized spacial score (nSPS) is 16.2. The van der Waals surface area contributed by atoms with Gasteiger partial charge in [0.25, 0.3) is 0 Å². The molecule has 1 saturated heterocycles. The van der Waals surface area contributed by atoms with Crippen LogP contribution >= 0.6 is 11.8 Å². The fourth-order valence-corrected chi connectivity index (χ4v) is 2.02. The van der Waals surface area contributed by atoms with Crippen molar-refractivity contribution in [3.8, 4) is 0 Å². The Morgan fingerprint density at radius 3 is 2.19 bits per heavy atom. The zero-order valence-corrected chi connectivity index (χ0v) is 9.71. The van der Waals surface area contributed by atoms with Gasteiger partial charge in [0.1, 0.15) is 0 Å². The Bertz CT molecular complexity index is 400. The van der Waals surface area contributed by atoms with E-state index in [0.29, 0.717) is 0 Å². The molecule has 16 heavy (non-hydrogen) atoms. The van der Waals surface area contributed by atoms with Crippen LogP contribution < -0.4 is 10.2 Å². The molecule has 1 aliphatic rings. The first-order valence-corrected chi connectivity index (χ1v) is 6.13. The predicted octanol–water partition coefficient (Wildman–Crippen LogP) is 0.871. The maximum absolute atomic E-state index is 11.2. The molecule has 0 spiro atoms. The van der Waals surface area contributed by atoms with Crippen molar-refractivity contribution in [1.82, 2.24) is 5.32 Å². The molecule has 0 aliphatic carbocycles. The molecule has 0 bridgehead atoms. The van der Waals surface area contributed by atoms with Crippen LogP contribution in [0, 0.1) is 0 Å². The second kappa shape index (κ2) is 4.57. The summed E-state index contributed by atoms with van der Waals surface area (Å²) in [4.78, 5) is 25.3. The number of hydrogen-bond acceptors (Lipinski definition) is 4. The van der Waals surface area contributed by atoms with E-state index < -0.39 is 0 Å². The van der Waals surface area contributed by atoms with E-state index in [4.69, 9.17) is 0 Å². The lowest BCUT2D eigenvalue weighted by Crippen LogP contribution is -2.51. The number of anilines is 1. The van der Waals surface area contributed by atoms with Crippen molar-refractivity contribution in [3.63, 3.8) is 0 Å². The fourth-order valence-electron chi connectivity index (χ4n) is 1.61. The van der Waals surface area contributed by atoms with Crippen molar-refractivity contribution in [3.05, 3.63) is 24.3 Å². The average molecular weight is 236 g/mol. The molecule has 2 rings (SSSR count). The summed E-state index contributed by atoms with van der Waals surface area (Å²) in [7, 11) is 0. The highest BCUT2D eigenvalue weighted by atomic mass is 32.2. The number of amides is 2. The van der Waals surface area contributed by atoms with Gasteiger partial charge in [0, 0.05) is 10.6 Å². The van der Waals surface area contributed by atoms with Crippen LogP contribution in [-0.2, 0) is 9.59 Å². The van der Waals surface area contributed by atoms with E-state index in [2.05, 4.69) is 5.32 Å². The molecule has 84 valence electrons. The summed E-state index contributed by atoms with van der Waals surface area (Å²) in [6.45, 7) is 0.481. The van der Waals surface area contributed by atoms with Gasteiger partial charge in [-0.1, -0.05) is 0 Å². The van der Waals surface area contributed by atoms with E-state index in [0.717, 1.165) is 10.6 Å². The molecule has 4 nitrogen and oxygen atoms in total. The van der Waals surface area contributed by atoms with E-state index in [-0.39, 0.29) is 24.9 Å². The summed E-state index contributed by atoms with van der Waals surface area (Å²) in [6, 6.07) is 7.82. The van der Waals surface area contributed by atoms with Crippen molar-refractivity contribution in [2.45, 2.75) is 4.90 Å². The number of carbonyl (C=O) groups excluding carboxylic acids is 2. The molecule has 1 aliphatic heterocycles. The smallest absolute Gasteiger partial charge is 0.246 e. The number of piperazine rings is 1. The van der Waals surface area contributed by atoms with E-state index >= 15 is 0 Å². The first-order valence-electron chi connectivity index (χ1n) is 4.91. The predicted molar refractivity (Wildman–Crippen MR) is 63.6 cm³/mol. The zero-order chi connectivity index (χ0) is 11.5. The summed E-state index contributed by atoms with van der Waals surface area (Å²) in [5.74, 6) is -0.490.